The minimum atomic E-state index is 0.00419. The molecular formula is C22H30N4OS. The third kappa shape index (κ3) is 4.77. The van der Waals surface area contributed by atoms with Crippen LogP contribution in [-0.2, 0) is 11.2 Å². The smallest absolute Gasteiger partial charge is 0.230 e. The predicted octanol–water partition coefficient (Wildman–Crippen LogP) is 4.66. The molecule has 1 heterocycles. The first kappa shape index (κ1) is 19.5. The average molecular weight is 399 g/mol. The molecule has 1 unspecified atom stereocenters. The molecule has 0 spiro atoms. The van der Waals surface area contributed by atoms with Crippen LogP contribution in [0.4, 0.5) is 0 Å². The molecule has 2 aliphatic rings. The zero-order chi connectivity index (χ0) is 19.7. The molecule has 1 N–H and O–H groups in total. The van der Waals surface area contributed by atoms with Crippen LogP contribution in [-0.4, -0.2) is 26.4 Å². The molecule has 6 heteroatoms. The van der Waals surface area contributed by atoms with Gasteiger partial charge in [0.25, 0.3) is 0 Å². The molecule has 0 aliphatic heterocycles. The summed E-state index contributed by atoms with van der Waals surface area (Å²) >= 11 is 1.51. The van der Waals surface area contributed by atoms with Crippen LogP contribution in [0.5, 0.6) is 0 Å². The molecule has 1 atom stereocenters. The third-order valence-electron chi connectivity index (χ3n) is 5.38. The van der Waals surface area contributed by atoms with E-state index in [4.69, 9.17) is 0 Å². The monoisotopic (exact) mass is 398 g/mol. The number of nitrogens with one attached hydrogen (secondary N) is 1. The lowest BCUT2D eigenvalue weighted by molar-refractivity contribution is -0.119. The Kier molecular flexibility index (Phi) is 5.76. The molecule has 0 saturated heterocycles. The number of rotatable bonds is 9. The highest BCUT2D eigenvalue weighted by molar-refractivity contribution is 7.99. The zero-order valence-electron chi connectivity index (χ0n) is 17.0. The van der Waals surface area contributed by atoms with E-state index in [1.807, 2.05) is 6.92 Å². The zero-order valence-corrected chi connectivity index (χ0v) is 17.8. The van der Waals surface area contributed by atoms with Crippen LogP contribution in [0.3, 0.4) is 0 Å². The Labute approximate surface area is 171 Å². The van der Waals surface area contributed by atoms with Crippen molar-refractivity contribution in [2.75, 3.05) is 5.75 Å². The van der Waals surface area contributed by atoms with Gasteiger partial charge in [-0.1, -0.05) is 49.9 Å². The lowest BCUT2D eigenvalue weighted by Gasteiger charge is -2.15. The molecule has 1 aromatic heterocycles. The summed E-state index contributed by atoms with van der Waals surface area (Å²) < 4.78 is 2.30. The standard InChI is InChI=1S/C22H30N4OS/c1-14(2)12-16-4-6-17(7-5-16)15(3)23-20(27)13-28-22-25-24-21(18-8-9-18)26(22)19-10-11-19/h4-7,14-15,18-19H,8-13H2,1-3H3,(H,23,27). The molecule has 4 rings (SSSR count). The molecule has 5 nitrogen and oxygen atoms in total. The van der Waals surface area contributed by atoms with Gasteiger partial charge in [0.2, 0.25) is 5.91 Å². The van der Waals surface area contributed by atoms with Crippen molar-refractivity contribution in [1.82, 2.24) is 20.1 Å². The van der Waals surface area contributed by atoms with Crippen molar-refractivity contribution in [1.29, 1.82) is 0 Å². The van der Waals surface area contributed by atoms with Crippen LogP contribution in [0.15, 0.2) is 29.4 Å². The molecule has 2 aliphatic carbocycles. The minimum absolute atomic E-state index is 0.00419. The Morgan fingerprint density at radius 2 is 1.86 bits per heavy atom. The maximum Gasteiger partial charge on any atom is 0.230 e. The number of hydrogen-bond donors (Lipinski definition) is 1. The van der Waals surface area contributed by atoms with Crippen molar-refractivity contribution in [2.45, 2.75) is 76.0 Å². The van der Waals surface area contributed by atoms with Crippen LogP contribution in [0.25, 0.3) is 0 Å². The van der Waals surface area contributed by atoms with Crippen LogP contribution in [0, 0.1) is 5.92 Å². The fourth-order valence-electron chi connectivity index (χ4n) is 3.59. The van der Waals surface area contributed by atoms with E-state index in [0.717, 1.165) is 23.0 Å². The van der Waals surface area contributed by atoms with E-state index in [-0.39, 0.29) is 11.9 Å². The maximum absolute atomic E-state index is 12.5. The molecule has 2 saturated carbocycles. The molecule has 2 aromatic rings. The van der Waals surface area contributed by atoms with E-state index in [1.165, 1.54) is 43.0 Å². The second-order valence-electron chi connectivity index (χ2n) is 8.63. The molecule has 28 heavy (non-hydrogen) atoms. The van der Waals surface area contributed by atoms with Gasteiger partial charge in [0.1, 0.15) is 5.82 Å². The van der Waals surface area contributed by atoms with Crippen LogP contribution >= 0.6 is 11.8 Å². The van der Waals surface area contributed by atoms with Crippen LogP contribution in [0.2, 0.25) is 0 Å². The summed E-state index contributed by atoms with van der Waals surface area (Å²) in [5, 5.41) is 12.8. The Balaban J connectivity index is 1.31. The number of carbonyl (C=O) groups excluding carboxylic acids is 1. The average Bonchev–Trinajstić information content (AvgIpc) is 3.58. The summed E-state index contributed by atoms with van der Waals surface area (Å²) in [7, 11) is 0. The van der Waals surface area contributed by atoms with E-state index < -0.39 is 0 Å². The summed E-state index contributed by atoms with van der Waals surface area (Å²) in [6, 6.07) is 9.15. The lowest BCUT2D eigenvalue weighted by atomic mass is 10.00. The first-order valence-corrected chi connectivity index (χ1v) is 11.5. The fraction of sp³-hybridized carbons (Fsp3) is 0.591. The van der Waals surface area contributed by atoms with Gasteiger partial charge in [0.15, 0.2) is 5.16 Å². The predicted molar refractivity (Wildman–Crippen MR) is 113 cm³/mol. The van der Waals surface area contributed by atoms with Gasteiger partial charge in [0.05, 0.1) is 11.8 Å². The van der Waals surface area contributed by atoms with Crippen molar-refractivity contribution >= 4 is 17.7 Å². The lowest BCUT2D eigenvalue weighted by Crippen LogP contribution is -2.28. The van der Waals surface area contributed by atoms with Gasteiger partial charge in [-0.2, -0.15) is 0 Å². The normalized spacial score (nSPS) is 17.7. The van der Waals surface area contributed by atoms with Crippen molar-refractivity contribution in [3.05, 3.63) is 41.2 Å². The van der Waals surface area contributed by atoms with E-state index >= 15 is 0 Å². The summed E-state index contributed by atoms with van der Waals surface area (Å²) in [5.74, 6) is 2.81. The fourth-order valence-corrected chi connectivity index (χ4v) is 4.42. The van der Waals surface area contributed by atoms with Crippen molar-refractivity contribution in [3.63, 3.8) is 0 Å². The van der Waals surface area contributed by atoms with Gasteiger partial charge in [-0.05, 0) is 56.1 Å². The van der Waals surface area contributed by atoms with E-state index in [9.17, 15) is 4.79 Å². The highest BCUT2D eigenvalue weighted by atomic mass is 32.2. The molecular weight excluding hydrogens is 368 g/mol. The summed E-state index contributed by atoms with van der Waals surface area (Å²) in [5.41, 5.74) is 2.49. The molecule has 150 valence electrons. The van der Waals surface area contributed by atoms with Gasteiger partial charge in [-0.25, -0.2) is 0 Å². The van der Waals surface area contributed by atoms with Crippen LogP contribution < -0.4 is 5.32 Å². The Morgan fingerprint density at radius 1 is 1.14 bits per heavy atom. The first-order valence-electron chi connectivity index (χ1n) is 10.5. The number of hydrogen-bond acceptors (Lipinski definition) is 4. The molecule has 1 aromatic carbocycles. The Bertz CT molecular complexity index is 822. The SMILES string of the molecule is CC(C)Cc1ccc(C(C)NC(=O)CSc2nnc(C3CC3)n2C2CC2)cc1. The molecule has 0 bridgehead atoms. The minimum Gasteiger partial charge on any atom is -0.349 e. The van der Waals surface area contributed by atoms with Crippen molar-refractivity contribution in [3.8, 4) is 0 Å². The number of aromatic nitrogens is 3. The van der Waals surface area contributed by atoms with Gasteiger partial charge < -0.3 is 9.88 Å². The number of carbonyl (C=O) groups is 1. The van der Waals surface area contributed by atoms with E-state index in [0.29, 0.717) is 23.6 Å². The number of thioether (sulfide) groups is 1. The van der Waals surface area contributed by atoms with E-state index in [1.54, 1.807) is 0 Å². The van der Waals surface area contributed by atoms with E-state index in [2.05, 4.69) is 58.2 Å². The Hall–Kier alpha value is -1.82. The highest BCUT2D eigenvalue weighted by Gasteiger charge is 2.36. The Morgan fingerprint density at radius 3 is 2.46 bits per heavy atom. The van der Waals surface area contributed by atoms with Gasteiger partial charge in [-0.15, -0.1) is 10.2 Å². The van der Waals surface area contributed by atoms with Crippen molar-refractivity contribution < 1.29 is 4.79 Å². The molecule has 2 fully saturated rings. The first-order chi connectivity index (χ1) is 13.5. The number of nitrogens with zero attached hydrogens (tertiary/aromatic N) is 3. The molecule has 0 radical (unpaired) electrons. The quantitative estimate of drug-likeness (QED) is 0.624. The summed E-state index contributed by atoms with van der Waals surface area (Å²) in [6.07, 6.45) is 5.96. The second-order valence-corrected chi connectivity index (χ2v) is 9.58. The van der Waals surface area contributed by atoms with Crippen molar-refractivity contribution in [2.24, 2.45) is 5.92 Å². The highest BCUT2D eigenvalue weighted by Crippen LogP contribution is 2.45. The topological polar surface area (TPSA) is 59.8 Å². The summed E-state index contributed by atoms with van der Waals surface area (Å²) in [4.78, 5) is 12.5. The maximum atomic E-state index is 12.5. The van der Waals surface area contributed by atoms with Gasteiger partial charge in [0, 0.05) is 12.0 Å². The van der Waals surface area contributed by atoms with Gasteiger partial charge >= 0.3 is 0 Å². The third-order valence-corrected chi connectivity index (χ3v) is 6.32. The molecule has 1 amide bonds. The largest absolute Gasteiger partial charge is 0.349 e. The second kappa shape index (κ2) is 8.27. The number of benzene rings is 1. The van der Waals surface area contributed by atoms with Gasteiger partial charge in [-0.3, -0.25) is 4.79 Å². The summed E-state index contributed by atoms with van der Waals surface area (Å²) in [6.45, 7) is 6.50. The number of amides is 1. The van der Waals surface area contributed by atoms with Crippen LogP contribution in [0.1, 0.15) is 81.4 Å².